The molecule has 0 aliphatic rings. The number of aromatic nitrogens is 1. The van der Waals surface area contributed by atoms with Gasteiger partial charge in [-0.2, -0.15) is 0 Å². The third-order valence-electron chi connectivity index (χ3n) is 3.92. The lowest BCUT2D eigenvalue weighted by molar-refractivity contribution is 0.186. The summed E-state index contributed by atoms with van der Waals surface area (Å²) >= 11 is 0. The first-order valence-corrected chi connectivity index (χ1v) is 8.99. The van der Waals surface area contributed by atoms with Crippen molar-refractivity contribution in [1.29, 1.82) is 0 Å². The van der Waals surface area contributed by atoms with Gasteiger partial charge in [0.1, 0.15) is 11.5 Å². The summed E-state index contributed by atoms with van der Waals surface area (Å²) in [5.41, 5.74) is 1.71. The van der Waals surface area contributed by atoms with Gasteiger partial charge in [0.05, 0.1) is 26.9 Å². The molecule has 1 heterocycles. The largest absolute Gasteiger partial charge is 0.497 e. The molecule has 0 fully saturated rings. The number of hydrogen-bond donors (Lipinski definition) is 3. The summed E-state index contributed by atoms with van der Waals surface area (Å²) < 4.78 is 10.5. The Labute approximate surface area is 183 Å². The number of aliphatic imine (C=N–C) groups is 1. The van der Waals surface area contributed by atoms with Crippen LogP contribution in [0.1, 0.15) is 24.3 Å². The van der Waals surface area contributed by atoms with Crippen molar-refractivity contribution in [2.75, 3.05) is 33.9 Å². The summed E-state index contributed by atoms with van der Waals surface area (Å²) in [4.78, 5) is 8.78. The average Bonchev–Trinajstić information content (AvgIpc) is 2.72. The van der Waals surface area contributed by atoms with Crippen LogP contribution in [0, 0.1) is 0 Å². The Kier molecular flexibility index (Phi) is 11.3. The van der Waals surface area contributed by atoms with E-state index in [1.165, 1.54) is 0 Å². The van der Waals surface area contributed by atoms with Gasteiger partial charge in [-0.3, -0.25) is 9.98 Å². The molecule has 2 rings (SSSR count). The number of nitrogens with one attached hydrogen (secondary N) is 2. The summed E-state index contributed by atoms with van der Waals surface area (Å²) in [6.45, 7) is 3.65. The van der Waals surface area contributed by atoms with Crippen LogP contribution in [-0.4, -0.2) is 49.9 Å². The summed E-state index contributed by atoms with van der Waals surface area (Å²) in [6, 6.07) is 11.2. The van der Waals surface area contributed by atoms with Crippen LogP contribution in [0.2, 0.25) is 0 Å². The smallest absolute Gasteiger partial charge is 0.191 e. The maximum Gasteiger partial charge on any atom is 0.191 e. The second-order valence-corrected chi connectivity index (χ2v) is 5.88. The molecule has 1 aromatic carbocycles. The molecule has 3 N–H and O–H groups in total. The Morgan fingerprint density at radius 3 is 2.43 bits per heavy atom. The Hall–Kier alpha value is -2.07. The fraction of sp³-hybridized carbons (Fsp3) is 0.400. The van der Waals surface area contributed by atoms with Gasteiger partial charge in [0, 0.05) is 37.5 Å². The van der Waals surface area contributed by atoms with Crippen molar-refractivity contribution in [2.45, 2.75) is 19.4 Å². The Bertz CT molecular complexity index is 706. The third-order valence-corrected chi connectivity index (χ3v) is 3.92. The van der Waals surface area contributed by atoms with Crippen molar-refractivity contribution in [3.8, 4) is 11.5 Å². The molecule has 0 saturated heterocycles. The molecule has 2 aromatic rings. The highest BCUT2D eigenvalue weighted by Crippen LogP contribution is 2.26. The summed E-state index contributed by atoms with van der Waals surface area (Å²) in [7, 11) is 3.16. The summed E-state index contributed by atoms with van der Waals surface area (Å²) in [5, 5.41) is 16.9. The number of guanidine groups is 1. The van der Waals surface area contributed by atoms with Crippen LogP contribution < -0.4 is 20.1 Å². The number of pyridine rings is 1. The number of nitrogens with zero attached hydrogens (tertiary/aromatic N) is 2. The van der Waals surface area contributed by atoms with E-state index >= 15 is 0 Å². The van der Waals surface area contributed by atoms with Crippen molar-refractivity contribution in [2.24, 2.45) is 4.99 Å². The van der Waals surface area contributed by atoms with E-state index in [4.69, 9.17) is 9.47 Å². The second kappa shape index (κ2) is 13.2. The monoisotopic (exact) mass is 500 g/mol. The van der Waals surface area contributed by atoms with Gasteiger partial charge < -0.3 is 25.2 Å². The molecule has 0 radical (unpaired) electrons. The molecule has 8 heteroatoms. The van der Waals surface area contributed by atoms with E-state index in [2.05, 4.69) is 20.6 Å². The number of aliphatic hydroxyl groups is 1. The molecule has 0 saturated carbocycles. The molecule has 7 nitrogen and oxygen atoms in total. The predicted molar refractivity (Wildman–Crippen MR) is 122 cm³/mol. The fourth-order valence-corrected chi connectivity index (χ4v) is 2.50. The lowest BCUT2D eigenvalue weighted by atomic mass is 10.1. The normalized spacial score (nSPS) is 11.9. The third kappa shape index (κ3) is 7.89. The summed E-state index contributed by atoms with van der Waals surface area (Å²) in [5.74, 6) is 1.92. The van der Waals surface area contributed by atoms with E-state index in [1.54, 1.807) is 38.6 Å². The molecular formula is C20H29IN4O3. The van der Waals surface area contributed by atoms with Crippen LogP contribution in [0.15, 0.2) is 47.6 Å². The number of rotatable bonds is 9. The predicted octanol–water partition coefficient (Wildman–Crippen LogP) is 2.55. The maximum atomic E-state index is 10.5. The minimum Gasteiger partial charge on any atom is -0.497 e. The highest BCUT2D eigenvalue weighted by Gasteiger charge is 2.11. The molecule has 0 bridgehead atoms. The number of hydrogen-bond acceptors (Lipinski definition) is 5. The molecule has 1 unspecified atom stereocenters. The van der Waals surface area contributed by atoms with E-state index in [0.29, 0.717) is 29.6 Å². The molecule has 0 aliphatic heterocycles. The highest BCUT2D eigenvalue weighted by atomic mass is 127. The van der Waals surface area contributed by atoms with E-state index in [0.717, 1.165) is 18.7 Å². The topological polar surface area (TPSA) is 88.0 Å². The Balaban J connectivity index is 0.00000392. The van der Waals surface area contributed by atoms with E-state index in [1.807, 2.05) is 25.1 Å². The van der Waals surface area contributed by atoms with Crippen molar-refractivity contribution in [1.82, 2.24) is 15.6 Å². The zero-order chi connectivity index (χ0) is 19.5. The number of methoxy groups -OCH3 is 2. The van der Waals surface area contributed by atoms with Gasteiger partial charge in [-0.15, -0.1) is 24.0 Å². The van der Waals surface area contributed by atoms with Crippen LogP contribution in [0.3, 0.4) is 0 Å². The zero-order valence-electron chi connectivity index (χ0n) is 16.5. The minimum atomic E-state index is -0.764. The number of aliphatic hydroxyl groups excluding tert-OH is 1. The molecule has 154 valence electrons. The number of benzene rings is 1. The number of halogens is 1. The first kappa shape index (κ1) is 24.0. The van der Waals surface area contributed by atoms with Gasteiger partial charge in [-0.1, -0.05) is 6.07 Å². The number of ether oxygens (including phenoxy) is 2. The van der Waals surface area contributed by atoms with Gasteiger partial charge in [0.25, 0.3) is 0 Å². The van der Waals surface area contributed by atoms with Gasteiger partial charge in [-0.25, -0.2) is 0 Å². The quantitative estimate of drug-likeness (QED) is 0.279. The van der Waals surface area contributed by atoms with Crippen LogP contribution >= 0.6 is 24.0 Å². The van der Waals surface area contributed by atoms with E-state index in [-0.39, 0.29) is 30.5 Å². The van der Waals surface area contributed by atoms with Gasteiger partial charge in [-0.05, 0) is 36.8 Å². The SMILES string of the molecule is CCNC(=NCC(O)c1cc(OC)cc(OC)c1)NCCc1ccccn1.I. The van der Waals surface area contributed by atoms with E-state index in [9.17, 15) is 5.11 Å². The van der Waals surface area contributed by atoms with Gasteiger partial charge in [0.2, 0.25) is 0 Å². The molecule has 0 spiro atoms. The first-order chi connectivity index (χ1) is 13.2. The lowest BCUT2D eigenvalue weighted by Gasteiger charge is -2.14. The molecule has 1 aromatic heterocycles. The molecule has 28 heavy (non-hydrogen) atoms. The second-order valence-electron chi connectivity index (χ2n) is 5.88. The van der Waals surface area contributed by atoms with Gasteiger partial charge in [0.15, 0.2) is 5.96 Å². The van der Waals surface area contributed by atoms with Crippen LogP contribution in [0.4, 0.5) is 0 Å². The average molecular weight is 500 g/mol. The minimum absolute atomic E-state index is 0. The van der Waals surface area contributed by atoms with Crippen molar-refractivity contribution in [3.63, 3.8) is 0 Å². The first-order valence-electron chi connectivity index (χ1n) is 8.99. The van der Waals surface area contributed by atoms with Crippen molar-refractivity contribution >= 4 is 29.9 Å². The Morgan fingerprint density at radius 2 is 1.86 bits per heavy atom. The van der Waals surface area contributed by atoms with Crippen molar-refractivity contribution in [3.05, 3.63) is 53.9 Å². The highest BCUT2D eigenvalue weighted by molar-refractivity contribution is 14.0. The Morgan fingerprint density at radius 1 is 1.14 bits per heavy atom. The fourth-order valence-electron chi connectivity index (χ4n) is 2.50. The zero-order valence-corrected chi connectivity index (χ0v) is 18.8. The lowest BCUT2D eigenvalue weighted by Crippen LogP contribution is -2.38. The standard InChI is InChI=1S/C20H28N4O3.HI/c1-4-21-20(23-10-8-16-7-5-6-9-22-16)24-14-19(25)15-11-17(26-2)13-18(12-15)27-3;/h5-7,9,11-13,19,25H,4,8,10,14H2,1-3H3,(H2,21,23,24);1H. The summed E-state index contributed by atoms with van der Waals surface area (Å²) in [6.07, 6.45) is 1.81. The maximum absolute atomic E-state index is 10.5. The van der Waals surface area contributed by atoms with Gasteiger partial charge >= 0.3 is 0 Å². The molecule has 0 aliphatic carbocycles. The van der Waals surface area contributed by atoms with E-state index < -0.39 is 6.10 Å². The van der Waals surface area contributed by atoms with Crippen LogP contribution in [0.5, 0.6) is 11.5 Å². The molecule has 0 amide bonds. The molecule has 1 atom stereocenters. The molecular weight excluding hydrogens is 471 g/mol. The van der Waals surface area contributed by atoms with Crippen LogP contribution in [-0.2, 0) is 6.42 Å². The van der Waals surface area contributed by atoms with Crippen LogP contribution in [0.25, 0.3) is 0 Å². The van der Waals surface area contributed by atoms with Crippen molar-refractivity contribution < 1.29 is 14.6 Å².